The van der Waals surface area contributed by atoms with Crippen LogP contribution < -0.4 is 10.1 Å². The fourth-order valence-corrected chi connectivity index (χ4v) is 2.21. The molecule has 4 nitrogen and oxygen atoms in total. The Kier molecular flexibility index (Phi) is 2.67. The summed E-state index contributed by atoms with van der Waals surface area (Å²) in [7, 11) is 1.54. The Morgan fingerprint density at radius 1 is 1.32 bits per heavy atom. The van der Waals surface area contributed by atoms with E-state index in [1.54, 1.807) is 12.3 Å². The number of hydrogen-bond acceptors (Lipinski definition) is 3. The molecule has 1 N–H and O–H groups in total. The number of anilines is 1. The number of ether oxygens (including phenoxy) is 1. The van der Waals surface area contributed by atoms with Crippen molar-refractivity contribution >= 4 is 11.6 Å². The average molecular weight is 258 g/mol. The molecule has 1 aromatic carbocycles. The van der Waals surface area contributed by atoms with Crippen LogP contribution in [0.25, 0.3) is 11.1 Å². The van der Waals surface area contributed by atoms with Gasteiger partial charge in [0.2, 0.25) is 5.91 Å². The minimum absolute atomic E-state index is 0.0495. The minimum Gasteiger partial charge on any atom is -0.496 e. The van der Waals surface area contributed by atoms with E-state index in [0.29, 0.717) is 17.7 Å². The lowest BCUT2D eigenvalue weighted by Crippen LogP contribution is -2.03. The van der Waals surface area contributed by atoms with E-state index < -0.39 is 5.82 Å². The van der Waals surface area contributed by atoms with E-state index in [-0.39, 0.29) is 5.91 Å². The van der Waals surface area contributed by atoms with Crippen LogP contribution in [-0.2, 0) is 11.2 Å². The first-order chi connectivity index (χ1) is 9.17. The predicted molar refractivity (Wildman–Crippen MR) is 68.5 cm³/mol. The summed E-state index contributed by atoms with van der Waals surface area (Å²) in [5.41, 5.74) is 2.98. The van der Waals surface area contributed by atoms with Gasteiger partial charge in [0.15, 0.2) is 0 Å². The van der Waals surface area contributed by atoms with Crippen LogP contribution >= 0.6 is 0 Å². The van der Waals surface area contributed by atoms with Crippen LogP contribution in [0.5, 0.6) is 5.75 Å². The number of nitrogens with zero attached hydrogens (tertiary/aromatic N) is 1. The third-order valence-electron chi connectivity index (χ3n) is 3.07. The predicted octanol–water partition coefficient (Wildman–Crippen LogP) is 2.39. The Morgan fingerprint density at radius 3 is 2.89 bits per heavy atom. The van der Waals surface area contributed by atoms with Crippen molar-refractivity contribution in [1.82, 2.24) is 4.98 Å². The standard InChI is InChI=1S/C14H11FN2O2/c1-19-13-5-12-8(4-14(18)17-12)3-11(13)9-2-10(15)7-16-6-9/h2-3,5-7H,4H2,1H3,(H,17,18). The second-order valence-corrected chi connectivity index (χ2v) is 4.33. The molecule has 0 aliphatic carbocycles. The number of amides is 1. The molecule has 2 aromatic rings. The van der Waals surface area contributed by atoms with Gasteiger partial charge in [-0.3, -0.25) is 9.78 Å². The SMILES string of the molecule is COc1cc2c(cc1-c1cncc(F)c1)CC(=O)N2. The first-order valence-electron chi connectivity index (χ1n) is 5.79. The smallest absolute Gasteiger partial charge is 0.228 e. The molecule has 1 aliphatic heterocycles. The number of fused-ring (bicyclic) bond motifs is 1. The summed E-state index contributed by atoms with van der Waals surface area (Å²) in [5.74, 6) is 0.120. The van der Waals surface area contributed by atoms with Crippen LogP contribution in [0.2, 0.25) is 0 Å². The van der Waals surface area contributed by atoms with Gasteiger partial charge >= 0.3 is 0 Å². The van der Waals surface area contributed by atoms with Crippen molar-refractivity contribution in [3.8, 4) is 16.9 Å². The van der Waals surface area contributed by atoms with Gasteiger partial charge in [-0.1, -0.05) is 0 Å². The monoisotopic (exact) mass is 258 g/mol. The van der Waals surface area contributed by atoms with E-state index in [0.717, 1.165) is 23.0 Å². The normalized spacial score (nSPS) is 13.1. The summed E-state index contributed by atoms with van der Waals surface area (Å²) in [4.78, 5) is 15.2. The average Bonchev–Trinajstić information content (AvgIpc) is 2.76. The Balaban J connectivity index is 2.16. The molecule has 3 rings (SSSR count). The zero-order chi connectivity index (χ0) is 13.4. The second-order valence-electron chi connectivity index (χ2n) is 4.33. The maximum Gasteiger partial charge on any atom is 0.228 e. The van der Waals surface area contributed by atoms with Crippen molar-refractivity contribution in [2.75, 3.05) is 12.4 Å². The summed E-state index contributed by atoms with van der Waals surface area (Å²) in [6, 6.07) is 4.98. The minimum atomic E-state index is -0.408. The van der Waals surface area contributed by atoms with Gasteiger partial charge in [0.25, 0.3) is 0 Å². The van der Waals surface area contributed by atoms with Gasteiger partial charge in [0, 0.05) is 29.1 Å². The number of carbonyl (C=O) groups is 1. The molecular formula is C14H11FN2O2. The third kappa shape index (κ3) is 2.03. The Labute approximate surface area is 109 Å². The van der Waals surface area contributed by atoms with Crippen molar-refractivity contribution < 1.29 is 13.9 Å². The highest BCUT2D eigenvalue weighted by molar-refractivity contribution is 6.00. The van der Waals surface area contributed by atoms with Gasteiger partial charge in [0.05, 0.1) is 19.7 Å². The van der Waals surface area contributed by atoms with Gasteiger partial charge in [-0.2, -0.15) is 0 Å². The van der Waals surface area contributed by atoms with E-state index >= 15 is 0 Å². The lowest BCUT2D eigenvalue weighted by Gasteiger charge is -2.11. The summed E-state index contributed by atoms with van der Waals surface area (Å²) in [6.45, 7) is 0. The molecule has 0 atom stereocenters. The van der Waals surface area contributed by atoms with Gasteiger partial charge in [-0.15, -0.1) is 0 Å². The number of pyridine rings is 1. The van der Waals surface area contributed by atoms with E-state index in [1.165, 1.54) is 13.2 Å². The largest absolute Gasteiger partial charge is 0.496 e. The number of halogens is 1. The Morgan fingerprint density at radius 2 is 2.16 bits per heavy atom. The molecule has 1 amide bonds. The second kappa shape index (κ2) is 4.35. The van der Waals surface area contributed by atoms with Crippen LogP contribution in [0.3, 0.4) is 0 Å². The third-order valence-corrected chi connectivity index (χ3v) is 3.07. The van der Waals surface area contributed by atoms with E-state index in [9.17, 15) is 9.18 Å². The maximum atomic E-state index is 13.3. The molecule has 0 bridgehead atoms. The van der Waals surface area contributed by atoms with Crippen LogP contribution in [-0.4, -0.2) is 18.0 Å². The first kappa shape index (κ1) is 11.6. The molecule has 0 unspecified atom stereocenters. The molecule has 0 saturated heterocycles. The molecule has 2 heterocycles. The van der Waals surface area contributed by atoms with Crippen LogP contribution in [0.1, 0.15) is 5.56 Å². The van der Waals surface area contributed by atoms with Crippen molar-refractivity contribution in [3.63, 3.8) is 0 Å². The zero-order valence-corrected chi connectivity index (χ0v) is 10.2. The van der Waals surface area contributed by atoms with E-state index in [2.05, 4.69) is 10.3 Å². The van der Waals surface area contributed by atoms with Crippen molar-refractivity contribution in [2.45, 2.75) is 6.42 Å². The number of hydrogen-bond donors (Lipinski definition) is 1. The van der Waals surface area contributed by atoms with Crippen LogP contribution in [0, 0.1) is 5.82 Å². The number of nitrogens with one attached hydrogen (secondary N) is 1. The van der Waals surface area contributed by atoms with E-state index in [1.807, 2.05) is 6.07 Å². The van der Waals surface area contributed by atoms with Gasteiger partial charge in [-0.25, -0.2) is 4.39 Å². The van der Waals surface area contributed by atoms with Crippen LogP contribution in [0.15, 0.2) is 30.6 Å². The van der Waals surface area contributed by atoms with Gasteiger partial charge < -0.3 is 10.1 Å². The molecule has 1 aliphatic rings. The molecule has 0 fully saturated rings. The zero-order valence-electron chi connectivity index (χ0n) is 10.2. The Bertz CT molecular complexity index is 670. The highest BCUT2D eigenvalue weighted by Gasteiger charge is 2.21. The number of rotatable bonds is 2. The maximum absolute atomic E-state index is 13.3. The molecule has 19 heavy (non-hydrogen) atoms. The molecule has 96 valence electrons. The van der Waals surface area contributed by atoms with Gasteiger partial charge in [0.1, 0.15) is 11.6 Å². The fraction of sp³-hybridized carbons (Fsp3) is 0.143. The van der Waals surface area contributed by atoms with Crippen molar-refractivity contribution in [2.24, 2.45) is 0 Å². The number of methoxy groups -OCH3 is 1. The molecule has 0 radical (unpaired) electrons. The van der Waals surface area contributed by atoms with Crippen LogP contribution in [0.4, 0.5) is 10.1 Å². The first-order valence-corrected chi connectivity index (χ1v) is 5.79. The number of aromatic nitrogens is 1. The Hall–Kier alpha value is -2.43. The molecule has 0 saturated carbocycles. The summed E-state index contributed by atoms with van der Waals surface area (Å²) in [6.07, 6.45) is 3.04. The van der Waals surface area contributed by atoms with E-state index in [4.69, 9.17) is 4.74 Å². The molecule has 5 heteroatoms. The van der Waals surface area contributed by atoms with Gasteiger partial charge in [-0.05, 0) is 17.7 Å². The topological polar surface area (TPSA) is 51.2 Å². The quantitative estimate of drug-likeness (QED) is 0.899. The molecule has 1 aromatic heterocycles. The summed E-state index contributed by atoms with van der Waals surface area (Å²) < 4.78 is 18.6. The highest BCUT2D eigenvalue weighted by Crippen LogP contribution is 2.37. The summed E-state index contributed by atoms with van der Waals surface area (Å²) in [5, 5.41) is 2.75. The fourth-order valence-electron chi connectivity index (χ4n) is 2.21. The number of carbonyl (C=O) groups excluding carboxylic acids is 1. The number of benzene rings is 1. The lowest BCUT2D eigenvalue weighted by atomic mass is 10.0. The van der Waals surface area contributed by atoms with Crippen molar-refractivity contribution in [3.05, 3.63) is 42.0 Å². The van der Waals surface area contributed by atoms with Crippen molar-refractivity contribution in [1.29, 1.82) is 0 Å². The lowest BCUT2D eigenvalue weighted by molar-refractivity contribution is -0.115. The molecule has 0 spiro atoms. The molecular weight excluding hydrogens is 247 g/mol. The summed E-state index contributed by atoms with van der Waals surface area (Å²) >= 11 is 0. The highest BCUT2D eigenvalue weighted by atomic mass is 19.1.